The van der Waals surface area contributed by atoms with Gasteiger partial charge in [0.1, 0.15) is 12.6 Å². The number of aryl methyl sites for hydroxylation is 1. The Labute approximate surface area is 251 Å². The van der Waals surface area contributed by atoms with Crippen molar-refractivity contribution in [2.24, 2.45) is 0 Å². The van der Waals surface area contributed by atoms with Crippen LogP contribution in [0.15, 0.2) is 71.6 Å². The highest BCUT2D eigenvalue weighted by Crippen LogP contribution is 2.31. The van der Waals surface area contributed by atoms with Gasteiger partial charge >= 0.3 is 0 Å². The van der Waals surface area contributed by atoms with E-state index in [0.717, 1.165) is 21.9 Å². The number of halogens is 3. The van der Waals surface area contributed by atoms with Crippen LogP contribution in [-0.4, -0.2) is 44.3 Å². The lowest BCUT2D eigenvalue weighted by molar-refractivity contribution is -0.140. The molecule has 3 rings (SSSR count). The van der Waals surface area contributed by atoms with Gasteiger partial charge in [-0.05, 0) is 67.8 Å². The Morgan fingerprint density at radius 2 is 1.55 bits per heavy atom. The minimum absolute atomic E-state index is 0.00829. The second kappa shape index (κ2) is 14.2. The molecule has 0 bridgehead atoms. The third-order valence-corrected chi connectivity index (χ3v) is 9.06. The average Bonchev–Trinajstić information content (AvgIpc) is 2.93. The summed E-state index contributed by atoms with van der Waals surface area (Å²) < 4.78 is 28.8. The highest BCUT2D eigenvalue weighted by Gasteiger charge is 2.33. The number of carbonyl (C=O) groups excluding carboxylic acids is 2. The molecule has 0 spiro atoms. The molecule has 0 aliphatic heterocycles. The molecular weight excluding hydrogens is 593 g/mol. The van der Waals surface area contributed by atoms with Crippen molar-refractivity contribution in [2.45, 2.75) is 51.1 Å². The van der Waals surface area contributed by atoms with Crippen LogP contribution in [-0.2, 0) is 26.2 Å². The summed E-state index contributed by atoms with van der Waals surface area (Å²) in [6.07, 6.45) is 1.06. The molecule has 0 fully saturated rings. The fourth-order valence-corrected chi connectivity index (χ4v) is 5.90. The first-order valence-corrected chi connectivity index (χ1v) is 15.4. The van der Waals surface area contributed by atoms with E-state index in [-0.39, 0.29) is 33.1 Å². The van der Waals surface area contributed by atoms with E-state index in [2.05, 4.69) is 5.32 Å². The molecule has 0 radical (unpaired) electrons. The topological polar surface area (TPSA) is 86.8 Å². The SMILES string of the molecule is CCCNC(=O)C(CC)N(Cc1ccc(Cl)cc1)C(=O)CN(c1ccc(Cl)c(Cl)c1)S(=O)(=O)c1ccc(C)cc1. The number of benzene rings is 3. The first-order valence-electron chi connectivity index (χ1n) is 12.8. The fourth-order valence-electron chi connectivity index (χ4n) is 4.08. The van der Waals surface area contributed by atoms with E-state index in [1.54, 1.807) is 43.3 Å². The van der Waals surface area contributed by atoms with Gasteiger partial charge in [-0.3, -0.25) is 13.9 Å². The molecule has 1 unspecified atom stereocenters. The third-order valence-electron chi connectivity index (χ3n) is 6.28. The van der Waals surface area contributed by atoms with Gasteiger partial charge in [0, 0.05) is 18.1 Å². The zero-order chi connectivity index (χ0) is 29.4. The highest BCUT2D eigenvalue weighted by molar-refractivity contribution is 7.92. The van der Waals surface area contributed by atoms with Crippen molar-refractivity contribution in [1.82, 2.24) is 10.2 Å². The smallest absolute Gasteiger partial charge is 0.264 e. The Kier molecular flexibility index (Phi) is 11.3. The largest absolute Gasteiger partial charge is 0.354 e. The summed E-state index contributed by atoms with van der Waals surface area (Å²) in [6.45, 7) is 5.55. The molecule has 214 valence electrons. The maximum absolute atomic E-state index is 14.0. The summed E-state index contributed by atoms with van der Waals surface area (Å²) in [7, 11) is -4.21. The molecule has 0 saturated heterocycles. The van der Waals surface area contributed by atoms with Crippen molar-refractivity contribution in [1.29, 1.82) is 0 Å². The zero-order valence-electron chi connectivity index (χ0n) is 22.5. The molecule has 0 saturated carbocycles. The molecule has 1 N–H and O–H groups in total. The summed E-state index contributed by atoms with van der Waals surface area (Å²) >= 11 is 18.4. The van der Waals surface area contributed by atoms with Crippen LogP contribution in [0.1, 0.15) is 37.8 Å². The maximum atomic E-state index is 14.0. The second-order valence-corrected chi connectivity index (χ2v) is 12.4. The number of rotatable bonds is 12. The lowest BCUT2D eigenvalue weighted by Crippen LogP contribution is -2.52. The van der Waals surface area contributed by atoms with Crippen LogP contribution in [0.4, 0.5) is 5.69 Å². The van der Waals surface area contributed by atoms with E-state index < -0.39 is 28.5 Å². The molecule has 3 aromatic rings. The van der Waals surface area contributed by atoms with Gasteiger partial charge in [-0.15, -0.1) is 0 Å². The quantitative estimate of drug-likeness (QED) is 0.250. The molecule has 0 heterocycles. The Bertz CT molecular complexity index is 1430. The Balaban J connectivity index is 2.07. The number of anilines is 1. The van der Waals surface area contributed by atoms with Crippen LogP contribution < -0.4 is 9.62 Å². The molecule has 11 heteroatoms. The first-order chi connectivity index (χ1) is 19.0. The number of amides is 2. The zero-order valence-corrected chi connectivity index (χ0v) is 25.6. The molecule has 7 nitrogen and oxygen atoms in total. The van der Waals surface area contributed by atoms with Crippen molar-refractivity contribution in [2.75, 3.05) is 17.4 Å². The minimum atomic E-state index is -4.21. The van der Waals surface area contributed by atoms with Crippen LogP contribution in [0.25, 0.3) is 0 Å². The predicted octanol–water partition coefficient (Wildman–Crippen LogP) is 6.48. The van der Waals surface area contributed by atoms with Gasteiger partial charge in [0.05, 0.1) is 20.6 Å². The van der Waals surface area contributed by atoms with Crippen molar-refractivity contribution in [3.8, 4) is 0 Å². The van der Waals surface area contributed by atoms with Gasteiger partial charge in [0.2, 0.25) is 11.8 Å². The van der Waals surface area contributed by atoms with Gasteiger partial charge in [-0.2, -0.15) is 0 Å². The van der Waals surface area contributed by atoms with E-state index in [0.29, 0.717) is 18.0 Å². The molecule has 1 atom stereocenters. The summed E-state index contributed by atoms with van der Waals surface area (Å²) in [6, 6.07) is 16.8. The van der Waals surface area contributed by atoms with Gasteiger partial charge < -0.3 is 10.2 Å². The number of hydrogen-bond donors (Lipinski definition) is 1. The lowest BCUT2D eigenvalue weighted by atomic mass is 10.1. The normalized spacial score (nSPS) is 12.1. The van der Waals surface area contributed by atoms with Crippen molar-refractivity contribution < 1.29 is 18.0 Å². The highest BCUT2D eigenvalue weighted by atomic mass is 35.5. The number of nitrogens with zero attached hydrogens (tertiary/aromatic N) is 2. The standard InChI is InChI=1S/C29H32Cl3N3O4S/c1-4-16-33-29(37)27(5-2)34(18-21-8-10-22(30)11-9-21)28(36)19-35(23-12-15-25(31)26(32)17-23)40(38,39)24-13-6-20(3)7-14-24/h6-15,17,27H,4-5,16,18-19H2,1-3H3,(H,33,37). The molecule has 2 amide bonds. The Hall–Kier alpha value is -2.78. The fraction of sp³-hybridized carbons (Fsp3) is 0.310. The van der Waals surface area contributed by atoms with E-state index in [1.165, 1.54) is 35.2 Å². The molecule has 0 aromatic heterocycles. The number of nitrogens with one attached hydrogen (secondary N) is 1. The maximum Gasteiger partial charge on any atom is 0.264 e. The average molecular weight is 625 g/mol. The minimum Gasteiger partial charge on any atom is -0.354 e. The lowest BCUT2D eigenvalue weighted by Gasteiger charge is -2.33. The van der Waals surface area contributed by atoms with Crippen LogP contribution >= 0.6 is 34.8 Å². The summed E-state index contributed by atoms with van der Waals surface area (Å²) in [4.78, 5) is 28.6. The van der Waals surface area contributed by atoms with Crippen LogP contribution in [0.5, 0.6) is 0 Å². The van der Waals surface area contributed by atoms with Crippen LogP contribution in [0.2, 0.25) is 15.1 Å². The van der Waals surface area contributed by atoms with Gasteiger partial charge in [0.25, 0.3) is 10.0 Å². The molecule has 3 aromatic carbocycles. The first kappa shape index (κ1) is 31.7. The van der Waals surface area contributed by atoms with Crippen LogP contribution in [0.3, 0.4) is 0 Å². The summed E-state index contributed by atoms with van der Waals surface area (Å²) in [5, 5.41) is 3.77. The number of hydrogen-bond acceptors (Lipinski definition) is 4. The summed E-state index contributed by atoms with van der Waals surface area (Å²) in [5.41, 5.74) is 1.79. The second-order valence-electron chi connectivity index (χ2n) is 9.29. The molecule has 0 aliphatic carbocycles. The monoisotopic (exact) mass is 623 g/mol. The third kappa shape index (κ3) is 7.91. The number of sulfonamides is 1. The molecular formula is C29H32Cl3N3O4S. The number of carbonyl (C=O) groups is 2. The summed E-state index contributed by atoms with van der Waals surface area (Å²) in [5.74, 6) is -0.871. The Morgan fingerprint density at radius 1 is 0.900 bits per heavy atom. The van der Waals surface area contributed by atoms with Crippen LogP contribution in [0, 0.1) is 6.92 Å². The molecule has 0 aliphatic rings. The molecule has 40 heavy (non-hydrogen) atoms. The van der Waals surface area contributed by atoms with E-state index >= 15 is 0 Å². The van der Waals surface area contributed by atoms with E-state index in [4.69, 9.17) is 34.8 Å². The van der Waals surface area contributed by atoms with Gasteiger partial charge in [-0.1, -0.05) is 78.5 Å². The van der Waals surface area contributed by atoms with Gasteiger partial charge in [0.15, 0.2) is 0 Å². The predicted molar refractivity (Wildman–Crippen MR) is 162 cm³/mol. The van der Waals surface area contributed by atoms with Gasteiger partial charge in [-0.25, -0.2) is 8.42 Å². The Morgan fingerprint density at radius 3 is 2.12 bits per heavy atom. The van der Waals surface area contributed by atoms with Crippen molar-refractivity contribution in [3.63, 3.8) is 0 Å². The van der Waals surface area contributed by atoms with E-state index in [1.807, 2.05) is 13.8 Å². The van der Waals surface area contributed by atoms with Crippen molar-refractivity contribution in [3.05, 3.63) is 92.9 Å². The van der Waals surface area contributed by atoms with Crippen molar-refractivity contribution >= 4 is 62.3 Å². The van der Waals surface area contributed by atoms with E-state index in [9.17, 15) is 18.0 Å².